The van der Waals surface area contributed by atoms with Crippen LogP contribution in [-0.2, 0) is 16.0 Å². The van der Waals surface area contributed by atoms with Crippen molar-refractivity contribution in [3.05, 3.63) is 35.6 Å². The van der Waals surface area contributed by atoms with Gasteiger partial charge < -0.3 is 15.5 Å². The van der Waals surface area contributed by atoms with E-state index in [1.165, 1.54) is 24.2 Å². The molecule has 2 amide bonds. The number of halogens is 2. The van der Waals surface area contributed by atoms with Crippen molar-refractivity contribution >= 4 is 36.0 Å². The molecule has 27 heavy (non-hydrogen) atoms. The second-order valence-corrected chi connectivity index (χ2v) is 8.63. The van der Waals surface area contributed by atoms with Crippen molar-refractivity contribution in [1.82, 2.24) is 15.5 Å². The summed E-state index contributed by atoms with van der Waals surface area (Å²) < 4.78 is 13.8. The van der Waals surface area contributed by atoms with E-state index in [4.69, 9.17) is 0 Å². The molecule has 0 spiro atoms. The van der Waals surface area contributed by atoms with E-state index in [-0.39, 0.29) is 35.3 Å². The summed E-state index contributed by atoms with van der Waals surface area (Å²) >= 11 is 1.45. The van der Waals surface area contributed by atoms with Crippen LogP contribution in [-0.4, -0.2) is 58.9 Å². The van der Waals surface area contributed by atoms with Gasteiger partial charge in [0.1, 0.15) is 11.9 Å². The van der Waals surface area contributed by atoms with Gasteiger partial charge in [-0.15, -0.1) is 24.2 Å². The van der Waals surface area contributed by atoms with Crippen molar-refractivity contribution in [1.29, 1.82) is 0 Å². The van der Waals surface area contributed by atoms with Crippen molar-refractivity contribution in [3.8, 4) is 0 Å². The number of thioether (sulfide) groups is 1. The number of likely N-dealkylation sites (tertiary alicyclic amines) is 1. The Kier molecular flexibility index (Phi) is 6.65. The Bertz CT molecular complexity index is 707. The molecule has 1 aromatic carbocycles. The summed E-state index contributed by atoms with van der Waals surface area (Å²) in [6.45, 7) is 1.48. The molecule has 4 rings (SSSR count). The maximum absolute atomic E-state index is 13.8. The van der Waals surface area contributed by atoms with Crippen LogP contribution in [0.1, 0.15) is 24.8 Å². The number of carbonyl (C=O) groups excluding carboxylic acids is 2. The molecule has 3 fully saturated rings. The van der Waals surface area contributed by atoms with Gasteiger partial charge in [0.15, 0.2) is 0 Å². The highest BCUT2D eigenvalue weighted by Gasteiger charge is 2.37. The predicted octanol–water partition coefficient (Wildman–Crippen LogP) is 1.74. The number of nitrogens with zero attached hydrogens (tertiary/aromatic N) is 1. The number of hydrogen-bond acceptors (Lipinski definition) is 4. The van der Waals surface area contributed by atoms with Crippen LogP contribution in [0.25, 0.3) is 0 Å². The maximum Gasteiger partial charge on any atom is 0.246 e. The summed E-state index contributed by atoms with van der Waals surface area (Å²) in [6, 6.07) is 6.97. The van der Waals surface area contributed by atoms with E-state index in [1.54, 1.807) is 18.2 Å². The van der Waals surface area contributed by atoms with Crippen LogP contribution in [0.2, 0.25) is 0 Å². The third-order valence-corrected chi connectivity index (χ3v) is 6.88. The van der Waals surface area contributed by atoms with E-state index >= 15 is 0 Å². The lowest BCUT2D eigenvalue weighted by molar-refractivity contribution is -0.136. The number of amides is 2. The van der Waals surface area contributed by atoms with Crippen molar-refractivity contribution in [2.75, 3.05) is 18.8 Å². The first kappa shape index (κ1) is 20.4. The zero-order chi connectivity index (χ0) is 18.1. The van der Waals surface area contributed by atoms with Crippen LogP contribution < -0.4 is 10.6 Å². The highest BCUT2D eigenvalue weighted by atomic mass is 35.5. The van der Waals surface area contributed by atoms with Crippen molar-refractivity contribution in [2.45, 2.75) is 49.1 Å². The fourth-order valence-electron chi connectivity index (χ4n) is 4.11. The molecule has 2 N–H and O–H groups in total. The summed E-state index contributed by atoms with van der Waals surface area (Å²) in [4.78, 5) is 27.2. The molecule has 3 aliphatic heterocycles. The van der Waals surface area contributed by atoms with E-state index in [0.29, 0.717) is 29.8 Å². The Hall–Kier alpha value is -1.31. The Labute approximate surface area is 169 Å². The van der Waals surface area contributed by atoms with Crippen LogP contribution in [0.15, 0.2) is 24.3 Å². The molecule has 0 saturated carbocycles. The molecule has 4 unspecified atom stereocenters. The molecule has 5 nitrogen and oxygen atoms in total. The lowest BCUT2D eigenvalue weighted by atomic mass is 10.1. The first-order chi connectivity index (χ1) is 12.6. The van der Waals surface area contributed by atoms with Gasteiger partial charge >= 0.3 is 0 Å². The van der Waals surface area contributed by atoms with Crippen LogP contribution in [0.5, 0.6) is 0 Å². The fraction of sp³-hybridized carbons (Fsp3) is 0.579. The predicted molar refractivity (Wildman–Crippen MR) is 107 cm³/mol. The molecule has 148 valence electrons. The number of carbonyl (C=O) groups is 2. The average Bonchev–Trinajstić information content (AvgIpc) is 2.97. The Morgan fingerprint density at radius 3 is 2.78 bits per heavy atom. The lowest BCUT2D eigenvalue weighted by Gasteiger charge is -2.33. The van der Waals surface area contributed by atoms with Crippen molar-refractivity contribution in [2.24, 2.45) is 0 Å². The first-order valence-corrected chi connectivity index (χ1v) is 10.4. The third kappa shape index (κ3) is 4.58. The van der Waals surface area contributed by atoms with Crippen LogP contribution in [0, 0.1) is 5.82 Å². The molecular formula is C19H25ClFN3O2S. The number of benzene rings is 1. The fourth-order valence-corrected chi connectivity index (χ4v) is 5.27. The summed E-state index contributed by atoms with van der Waals surface area (Å²) in [7, 11) is 0. The standard InChI is InChI=1S/C19H24FN3O2S.ClH/c20-15-4-2-1-3-12(15)9-17-18(24)22-16(11-26-17)19(25)23-8-7-13-5-6-14(10-23)21-13;/h1-4,13-14,16-17,21H,5-11H2,(H,22,24);1H. The Morgan fingerprint density at radius 1 is 1.22 bits per heavy atom. The Morgan fingerprint density at radius 2 is 2.00 bits per heavy atom. The van der Waals surface area contributed by atoms with Gasteiger partial charge in [0.05, 0.1) is 5.25 Å². The Balaban J connectivity index is 0.00000210. The van der Waals surface area contributed by atoms with Crippen LogP contribution >= 0.6 is 24.2 Å². The lowest BCUT2D eigenvalue weighted by Crippen LogP contribution is -2.56. The molecule has 0 aromatic heterocycles. The van der Waals surface area contributed by atoms with E-state index < -0.39 is 6.04 Å². The van der Waals surface area contributed by atoms with Crippen LogP contribution in [0.3, 0.4) is 0 Å². The highest BCUT2D eigenvalue weighted by molar-refractivity contribution is 8.00. The van der Waals surface area contributed by atoms with Crippen LogP contribution in [0.4, 0.5) is 4.39 Å². The van der Waals surface area contributed by atoms with E-state index in [9.17, 15) is 14.0 Å². The second kappa shape index (κ2) is 8.80. The zero-order valence-corrected chi connectivity index (χ0v) is 16.7. The minimum Gasteiger partial charge on any atom is -0.343 e. The first-order valence-electron chi connectivity index (χ1n) is 9.30. The van der Waals surface area contributed by atoms with Gasteiger partial charge in [0.2, 0.25) is 11.8 Å². The largest absolute Gasteiger partial charge is 0.343 e. The average molecular weight is 414 g/mol. The summed E-state index contributed by atoms with van der Waals surface area (Å²) in [5.74, 6) is 0.106. The van der Waals surface area contributed by atoms with Gasteiger partial charge in [0, 0.05) is 30.9 Å². The van der Waals surface area contributed by atoms with Crippen molar-refractivity contribution in [3.63, 3.8) is 0 Å². The summed E-state index contributed by atoms with van der Waals surface area (Å²) in [6.07, 6.45) is 3.64. The quantitative estimate of drug-likeness (QED) is 0.792. The SMILES string of the molecule is Cl.O=C1NC(C(=O)N2CCC3CCC(C2)N3)CSC1Cc1ccccc1F. The highest BCUT2D eigenvalue weighted by Crippen LogP contribution is 2.25. The van der Waals surface area contributed by atoms with Gasteiger partial charge in [-0.3, -0.25) is 9.59 Å². The summed E-state index contributed by atoms with van der Waals surface area (Å²) in [5.41, 5.74) is 0.541. The van der Waals surface area contributed by atoms with Gasteiger partial charge in [-0.1, -0.05) is 18.2 Å². The molecular weight excluding hydrogens is 389 g/mol. The molecule has 0 aliphatic carbocycles. The molecule has 3 saturated heterocycles. The molecule has 2 bridgehead atoms. The monoisotopic (exact) mass is 413 g/mol. The van der Waals surface area contributed by atoms with E-state index in [0.717, 1.165) is 25.9 Å². The molecule has 4 atom stereocenters. The molecule has 3 heterocycles. The minimum atomic E-state index is -0.471. The smallest absolute Gasteiger partial charge is 0.246 e. The van der Waals surface area contributed by atoms with Gasteiger partial charge in [-0.05, 0) is 37.3 Å². The normalized spacial score (nSPS) is 30.3. The molecule has 8 heteroatoms. The van der Waals surface area contributed by atoms with Gasteiger partial charge in [-0.25, -0.2) is 4.39 Å². The zero-order valence-electron chi connectivity index (χ0n) is 15.0. The topological polar surface area (TPSA) is 61.4 Å². The molecule has 0 radical (unpaired) electrons. The third-order valence-electron chi connectivity index (χ3n) is 5.57. The molecule has 1 aromatic rings. The van der Waals surface area contributed by atoms with Gasteiger partial charge in [-0.2, -0.15) is 0 Å². The number of nitrogens with one attached hydrogen (secondary N) is 2. The van der Waals surface area contributed by atoms with Crippen molar-refractivity contribution < 1.29 is 14.0 Å². The second-order valence-electron chi connectivity index (χ2n) is 7.39. The summed E-state index contributed by atoms with van der Waals surface area (Å²) in [5, 5.41) is 6.09. The van der Waals surface area contributed by atoms with E-state index in [2.05, 4.69) is 10.6 Å². The number of rotatable bonds is 3. The van der Waals surface area contributed by atoms with Gasteiger partial charge in [0.25, 0.3) is 0 Å². The maximum atomic E-state index is 13.8. The minimum absolute atomic E-state index is 0. The van der Waals surface area contributed by atoms with E-state index in [1.807, 2.05) is 4.90 Å². The number of hydrogen-bond donors (Lipinski definition) is 2. The molecule has 3 aliphatic rings. The number of fused-ring (bicyclic) bond motifs is 2.